The van der Waals surface area contributed by atoms with Crippen LogP contribution in [-0.2, 0) is 17.8 Å². The van der Waals surface area contributed by atoms with E-state index in [0.29, 0.717) is 27.1 Å². The van der Waals surface area contributed by atoms with Gasteiger partial charge in [-0.3, -0.25) is 0 Å². The second-order valence-corrected chi connectivity index (χ2v) is 9.53. The first-order chi connectivity index (χ1) is 18.5. The van der Waals surface area contributed by atoms with Crippen LogP contribution in [-0.4, -0.2) is 23.2 Å². The number of fused-ring (bicyclic) bond motifs is 1. The van der Waals surface area contributed by atoms with E-state index >= 15 is 0 Å². The largest absolute Gasteiger partial charge is 0.489 e. The Hall–Kier alpha value is -3.87. The molecular formula is C30H24Cl2N2O4. The number of benzene rings is 3. The molecule has 5 aromatic rings. The van der Waals surface area contributed by atoms with Crippen molar-refractivity contribution in [2.75, 3.05) is 7.11 Å². The number of esters is 1. The average molecular weight is 547 g/mol. The molecule has 0 spiro atoms. The van der Waals surface area contributed by atoms with E-state index < -0.39 is 5.97 Å². The van der Waals surface area contributed by atoms with Crippen LogP contribution in [0, 0.1) is 0 Å². The lowest BCUT2D eigenvalue weighted by Crippen LogP contribution is -2.03. The number of carbonyl (C=O) groups excluding carboxylic acids is 1. The summed E-state index contributed by atoms with van der Waals surface area (Å²) in [7, 11) is 1.34. The van der Waals surface area contributed by atoms with E-state index in [1.807, 2.05) is 36.4 Å². The molecule has 0 radical (unpaired) electrons. The van der Waals surface area contributed by atoms with E-state index in [1.54, 1.807) is 30.5 Å². The zero-order chi connectivity index (χ0) is 26.6. The molecule has 8 heteroatoms. The van der Waals surface area contributed by atoms with Crippen molar-refractivity contribution in [1.82, 2.24) is 10.1 Å². The van der Waals surface area contributed by atoms with Crippen LogP contribution in [0.5, 0.6) is 5.75 Å². The Kier molecular flexibility index (Phi) is 7.63. The summed E-state index contributed by atoms with van der Waals surface area (Å²) >= 11 is 12.9. The van der Waals surface area contributed by atoms with Gasteiger partial charge in [-0.25, -0.2) is 9.78 Å². The van der Waals surface area contributed by atoms with Crippen LogP contribution in [0.25, 0.3) is 33.2 Å². The Morgan fingerprint density at radius 2 is 1.68 bits per heavy atom. The average Bonchev–Trinajstić information content (AvgIpc) is 3.33. The molecule has 0 aliphatic heterocycles. The Bertz CT molecular complexity index is 1610. The lowest BCUT2D eigenvalue weighted by molar-refractivity contribution is 0.0594. The molecule has 2 aromatic heterocycles. The summed E-state index contributed by atoms with van der Waals surface area (Å²) in [6.07, 6.45) is 3.22. The van der Waals surface area contributed by atoms with Crippen molar-refractivity contribution >= 4 is 39.9 Å². The molecule has 0 aliphatic carbocycles. The first kappa shape index (κ1) is 25.8. The molecule has 0 aliphatic rings. The third-order valence-corrected chi connectivity index (χ3v) is 6.86. The lowest BCUT2D eigenvalue weighted by atomic mass is 10.0. The Labute approximate surface area is 230 Å². The maximum Gasteiger partial charge on any atom is 0.356 e. The molecule has 0 saturated heterocycles. The topological polar surface area (TPSA) is 74.5 Å². The predicted octanol–water partition coefficient (Wildman–Crippen LogP) is 8.18. The number of carbonyl (C=O) groups is 1. The molecule has 0 fully saturated rings. The number of aryl methyl sites for hydroxylation is 1. The number of halogens is 2. The van der Waals surface area contributed by atoms with Gasteiger partial charge in [0.05, 0.1) is 22.7 Å². The molecule has 6 nitrogen and oxygen atoms in total. The molecule has 0 unspecified atom stereocenters. The van der Waals surface area contributed by atoms with Gasteiger partial charge in [0.15, 0.2) is 0 Å². The summed E-state index contributed by atoms with van der Waals surface area (Å²) in [4.78, 5) is 16.0. The van der Waals surface area contributed by atoms with Gasteiger partial charge >= 0.3 is 5.97 Å². The summed E-state index contributed by atoms with van der Waals surface area (Å²) in [6, 6.07) is 20.9. The van der Waals surface area contributed by atoms with Crippen LogP contribution in [0.3, 0.4) is 0 Å². The first-order valence-corrected chi connectivity index (χ1v) is 12.9. The monoisotopic (exact) mass is 546 g/mol. The molecule has 0 N–H and O–H groups in total. The standard InChI is InChI=1S/C30H24Cl2N2O4/c1-3-5-27-23(29(34-38-27)28-24(31)6-4-7-25(28)32)17-37-22-11-10-19-14-18(8-9-20(19)15-22)21-12-13-33-26(16-21)30(35)36-2/h4,6-16H,3,5,17H2,1-2H3. The van der Waals surface area contributed by atoms with E-state index in [4.69, 9.17) is 37.2 Å². The van der Waals surface area contributed by atoms with Gasteiger partial charge < -0.3 is 14.0 Å². The fourth-order valence-electron chi connectivity index (χ4n) is 4.31. The van der Waals surface area contributed by atoms with E-state index in [2.05, 4.69) is 23.1 Å². The minimum atomic E-state index is -0.468. The van der Waals surface area contributed by atoms with E-state index in [9.17, 15) is 4.79 Å². The summed E-state index contributed by atoms with van der Waals surface area (Å²) < 4.78 is 16.7. The van der Waals surface area contributed by atoms with Gasteiger partial charge in [0.25, 0.3) is 0 Å². The summed E-state index contributed by atoms with van der Waals surface area (Å²) in [6.45, 7) is 2.34. The van der Waals surface area contributed by atoms with E-state index in [1.165, 1.54) is 7.11 Å². The predicted molar refractivity (Wildman–Crippen MR) is 149 cm³/mol. The van der Waals surface area contributed by atoms with Crippen molar-refractivity contribution in [3.8, 4) is 28.1 Å². The molecule has 192 valence electrons. The van der Waals surface area contributed by atoms with Crippen molar-refractivity contribution < 1.29 is 18.8 Å². The number of pyridine rings is 1. The summed E-state index contributed by atoms with van der Waals surface area (Å²) in [5, 5.41) is 7.35. The number of aromatic nitrogens is 2. The van der Waals surface area contributed by atoms with Gasteiger partial charge in [-0.1, -0.05) is 59.5 Å². The molecular weight excluding hydrogens is 523 g/mol. The molecule has 3 aromatic carbocycles. The fraction of sp³-hybridized carbons (Fsp3) is 0.167. The minimum absolute atomic E-state index is 0.257. The SMILES string of the molecule is CCCc1onc(-c2c(Cl)cccc2Cl)c1COc1ccc2cc(-c3ccnc(C(=O)OC)c3)ccc2c1. The van der Waals surface area contributed by atoms with Crippen molar-refractivity contribution in [2.24, 2.45) is 0 Å². The van der Waals surface area contributed by atoms with Crippen molar-refractivity contribution in [2.45, 2.75) is 26.4 Å². The van der Waals surface area contributed by atoms with Gasteiger partial charge in [-0.15, -0.1) is 0 Å². The second-order valence-electron chi connectivity index (χ2n) is 8.71. The number of hydrogen-bond acceptors (Lipinski definition) is 6. The van der Waals surface area contributed by atoms with Crippen LogP contribution in [0.4, 0.5) is 0 Å². The highest BCUT2D eigenvalue weighted by atomic mass is 35.5. The van der Waals surface area contributed by atoms with Gasteiger partial charge in [-0.05, 0) is 70.8 Å². The molecule has 0 saturated carbocycles. The number of methoxy groups -OCH3 is 1. The van der Waals surface area contributed by atoms with Crippen molar-refractivity contribution in [3.63, 3.8) is 0 Å². The first-order valence-electron chi connectivity index (χ1n) is 12.1. The second kappa shape index (κ2) is 11.3. The smallest absolute Gasteiger partial charge is 0.356 e. The Balaban J connectivity index is 1.41. The zero-order valence-corrected chi connectivity index (χ0v) is 22.3. The molecule has 2 heterocycles. The molecule has 0 bridgehead atoms. The molecule has 0 atom stereocenters. The Morgan fingerprint density at radius 1 is 0.947 bits per heavy atom. The van der Waals surface area contributed by atoms with Crippen LogP contribution >= 0.6 is 23.2 Å². The molecule has 5 rings (SSSR count). The number of hydrogen-bond donors (Lipinski definition) is 0. The third kappa shape index (κ3) is 5.23. The van der Waals surface area contributed by atoms with E-state index in [0.717, 1.165) is 46.1 Å². The maximum atomic E-state index is 11.9. The normalized spacial score (nSPS) is 11.1. The van der Waals surface area contributed by atoms with Gasteiger partial charge in [0.2, 0.25) is 0 Å². The van der Waals surface area contributed by atoms with Crippen LogP contribution in [0.15, 0.2) is 77.4 Å². The Morgan fingerprint density at radius 3 is 2.45 bits per heavy atom. The number of ether oxygens (including phenoxy) is 2. The number of nitrogens with zero attached hydrogens (tertiary/aromatic N) is 2. The highest BCUT2D eigenvalue weighted by Gasteiger charge is 2.22. The number of rotatable bonds is 8. The summed E-state index contributed by atoms with van der Waals surface area (Å²) in [5.74, 6) is 0.999. The van der Waals surface area contributed by atoms with Crippen LogP contribution < -0.4 is 4.74 Å². The highest BCUT2D eigenvalue weighted by Crippen LogP contribution is 2.38. The van der Waals surface area contributed by atoms with Crippen LogP contribution in [0.1, 0.15) is 35.2 Å². The van der Waals surface area contributed by atoms with Crippen molar-refractivity contribution in [1.29, 1.82) is 0 Å². The van der Waals surface area contributed by atoms with Gasteiger partial charge in [-0.2, -0.15) is 0 Å². The van der Waals surface area contributed by atoms with Crippen LogP contribution in [0.2, 0.25) is 10.0 Å². The lowest BCUT2D eigenvalue weighted by Gasteiger charge is -2.11. The fourth-order valence-corrected chi connectivity index (χ4v) is 4.89. The van der Waals surface area contributed by atoms with E-state index in [-0.39, 0.29) is 12.3 Å². The summed E-state index contributed by atoms with van der Waals surface area (Å²) in [5.41, 5.74) is 4.17. The van der Waals surface area contributed by atoms with Crippen molar-refractivity contribution in [3.05, 3.63) is 100.0 Å². The zero-order valence-electron chi connectivity index (χ0n) is 20.8. The quantitative estimate of drug-likeness (QED) is 0.182. The third-order valence-electron chi connectivity index (χ3n) is 6.23. The molecule has 0 amide bonds. The highest BCUT2D eigenvalue weighted by molar-refractivity contribution is 6.39. The maximum absolute atomic E-state index is 11.9. The molecule has 38 heavy (non-hydrogen) atoms. The van der Waals surface area contributed by atoms with Gasteiger partial charge in [0, 0.05) is 18.2 Å². The van der Waals surface area contributed by atoms with Gasteiger partial charge in [0.1, 0.15) is 29.5 Å². The minimum Gasteiger partial charge on any atom is -0.489 e.